The first-order valence-corrected chi connectivity index (χ1v) is 10.7. The van der Waals surface area contributed by atoms with Gasteiger partial charge in [-0.3, -0.25) is 14.6 Å². The highest BCUT2D eigenvalue weighted by Gasteiger charge is 2.18. The number of rotatable bonds is 5. The number of aliphatic imine (C=N–C) groups is 1. The maximum atomic E-state index is 13.3. The Kier molecular flexibility index (Phi) is 5.36. The molecular weight excluding hydrogens is 424 g/mol. The summed E-state index contributed by atoms with van der Waals surface area (Å²) in [4.78, 5) is 30.5. The zero-order valence-electron chi connectivity index (χ0n) is 18.2. The van der Waals surface area contributed by atoms with Crippen LogP contribution >= 0.6 is 0 Å². The quantitative estimate of drug-likeness (QED) is 0.239. The van der Waals surface area contributed by atoms with Crippen molar-refractivity contribution in [3.8, 4) is 5.75 Å². The lowest BCUT2D eigenvalue weighted by atomic mass is 9.96. The Balaban J connectivity index is 1.51. The molecule has 0 aliphatic rings. The van der Waals surface area contributed by atoms with Gasteiger partial charge in [0.05, 0.1) is 11.3 Å². The Bertz CT molecular complexity index is 1600. The molecule has 0 saturated carbocycles. The molecule has 5 rings (SSSR count). The normalized spacial score (nSPS) is 10.8. The number of nitrogens with zero attached hydrogens (tertiary/aromatic N) is 1. The van der Waals surface area contributed by atoms with Gasteiger partial charge >= 0.3 is 0 Å². The van der Waals surface area contributed by atoms with E-state index in [0.717, 1.165) is 21.5 Å². The monoisotopic (exact) mass is 444 g/mol. The van der Waals surface area contributed by atoms with Crippen LogP contribution in [0.5, 0.6) is 5.75 Å². The van der Waals surface area contributed by atoms with Gasteiger partial charge in [-0.05, 0) is 47.8 Å². The smallest absolute Gasteiger partial charge is 0.259 e. The van der Waals surface area contributed by atoms with Crippen LogP contribution in [0.1, 0.15) is 26.3 Å². The van der Waals surface area contributed by atoms with Crippen LogP contribution in [-0.4, -0.2) is 23.5 Å². The zero-order chi connectivity index (χ0) is 23.7. The molecule has 0 bridgehead atoms. The van der Waals surface area contributed by atoms with Crippen LogP contribution in [0, 0.1) is 0 Å². The van der Waals surface area contributed by atoms with Gasteiger partial charge in [0.1, 0.15) is 5.75 Å². The lowest BCUT2D eigenvalue weighted by molar-refractivity contribution is 0.102. The van der Waals surface area contributed by atoms with Crippen molar-refractivity contribution in [2.24, 2.45) is 4.99 Å². The number of ketones is 1. The van der Waals surface area contributed by atoms with Crippen molar-refractivity contribution >= 4 is 51.3 Å². The molecule has 0 aromatic heterocycles. The number of anilines is 1. The number of hydrogen-bond donors (Lipinski definition) is 2. The summed E-state index contributed by atoms with van der Waals surface area (Å²) < 4.78 is 0. The fourth-order valence-electron chi connectivity index (χ4n) is 4.16. The highest BCUT2D eigenvalue weighted by Crippen LogP contribution is 2.32. The number of nitrogens with one attached hydrogen (secondary N) is 1. The minimum atomic E-state index is -0.519. The summed E-state index contributed by atoms with van der Waals surface area (Å²) in [6.45, 7) is 3.60. The molecule has 2 N–H and O–H groups in total. The van der Waals surface area contributed by atoms with Gasteiger partial charge in [-0.2, -0.15) is 0 Å². The molecule has 34 heavy (non-hydrogen) atoms. The minimum absolute atomic E-state index is 0.0149. The molecular formula is C29H20N2O3. The molecule has 1 amide bonds. The molecule has 164 valence electrons. The minimum Gasteiger partial charge on any atom is -0.507 e. The van der Waals surface area contributed by atoms with Gasteiger partial charge in [-0.1, -0.05) is 66.7 Å². The molecule has 0 aliphatic heterocycles. The summed E-state index contributed by atoms with van der Waals surface area (Å²) in [7, 11) is 0. The Hall–Kier alpha value is -4.77. The molecule has 0 aliphatic carbocycles. The van der Waals surface area contributed by atoms with Crippen LogP contribution in [0.2, 0.25) is 0 Å². The van der Waals surface area contributed by atoms with E-state index in [0.29, 0.717) is 22.5 Å². The average molecular weight is 444 g/mol. The Labute approximate surface area is 196 Å². The molecule has 5 nitrogen and oxygen atoms in total. The van der Waals surface area contributed by atoms with Gasteiger partial charge < -0.3 is 10.4 Å². The van der Waals surface area contributed by atoms with E-state index in [1.165, 1.54) is 18.2 Å². The van der Waals surface area contributed by atoms with E-state index in [1.807, 2.05) is 60.7 Å². The molecule has 0 saturated heterocycles. The predicted octanol–water partition coefficient (Wildman–Crippen LogP) is 6.51. The van der Waals surface area contributed by atoms with E-state index < -0.39 is 5.91 Å². The van der Waals surface area contributed by atoms with Crippen LogP contribution < -0.4 is 5.32 Å². The molecule has 0 unspecified atom stereocenters. The number of benzene rings is 5. The lowest BCUT2D eigenvalue weighted by Gasteiger charge is -2.12. The molecule has 0 atom stereocenters. The number of phenolic OH excluding ortho intramolecular Hbond substituents is 1. The maximum absolute atomic E-state index is 13.3. The number of amides is 1. The second-order valence-electron chi connectivity index (χ2n) is 7.88. The third-order valence-corrected chi connectivity index (χ3v) is 5.86. The number of hydrogen-bond acceptors (Lipinski definition) is 4. The van der Waals surface area contributed by atoms with Crippen molar-refractivity contribution in [2.75, 3.05) is 5.32 Å². The van der Waals surface area contributed by atoms with E-state index in [4.69, 9.17) is 0 Å². The molecule has 0 heterocycles. The summed E-state index contributed by atoms with van der Waals surface area (Å²) in [5, 5.41) is 16.7. The van der Waals surface area contributed by atoms with E-state index in [9.17, 15) is 14.7 Å². The van der Waals surface area contributed by atoms with E-state index in [2.05, 4.69) is 17.0 Å². The van der Waals surface area contributed by atoms with Gasteiger partial charge in [0, 0.05) is 27.6 Å². The van der Waals surface area contributed by atoms with Crippen LogP contribution in [0.3, 0.4) is 0 Å². The Morgan fingerprint density at radius 2 is 1.44 bits per heavy atom. The molecule has 0 radical (unpaired) electrons. The van der Waals surface area contributed by atoms with Gasteiger partial charge in [-0.15, -0.1) is 0 Å². The van der Waals surface area contributed by atoms with Crippen molar-refractivity contribution in [1.29, 1.82) is 0 Å². The summed E-state index contributed by atoms with van der Waals surface area (Å²) >= 11 is 0. The van der Waals surface area contributed by atoms with Crippen LogP contribution in [0.25, 0.3) is 21.5 Å². The Morgan fingerprint density at radius 3 is 2.24 bits per heavy atom. The van der Waals surface area contributed by atoms with Crippen LogP contribution in [0.4, 0.5) is 11.4 Å². The summed E-state index contributed by atoms with van der Waals surface area (Å²) in [5.41, 5.74) is 2.14. The summed E-state index contributed by atoms with van der Waals surface area (Å²) in [6, 6.07) is 28.5. The topological polar surface area (TPSA) is 78.8 Å². The van der Waals surface area contributed by atoms with Crippen molar-refractivity contribution in [3.05, 3.63) is 114 Å². The number of phenols is 1. The standard InChI is InChI=1S/C29H20N2O3/c1-30-25-14-15-26(22-11-5-4-10-21(22)25)31-29(34)24-17-19(13-16-27(24)32)28(33)23-12-6-8-18-7-2-3-9-20(18)23/h2-17,32H,1H2,(H,31,34). The van der Waals surface area contributed by atoms with Crippen LogP contribution in [0.15, 0.2) is 102 Å². The zero-order valence-corrected chi connectivity index (χ0v) is 18.2. The van der Waals surface area contributed by atoms with Gasteiger partial charge in [0.25, 0.3) is 5.91 Å². The maximum Gasteiger partial charge on any atom is 0.259 e. The first-order valence-electron chi connectivity index (χ1n) is 10.7. The molecule has 5 aromatic rings. The van der Waals surface area contributed by atoms with E-state index in [-0.39, 0.29) is 17.1 Å². The number of carbonyl (C=O) groups is 2. The summed E-state index contributed by atoms with van der Waals surface area (Å²) in [6.07, 6.45) is 0. The van der Waals surface area contributed by atoms with Crippen LogP contribution in [-0.2, 0) is 0 Å². The molecule has 0 spiro atoms. The van der Waals surface area contributed by atoms with Gasteiger partial charge in [0.15, 0.2) is 5.78 Å². The second kappa shape index (κ2) is 8.64. The fourth-order valence-corrected chi connectivity index (χ4v) is 4.16. The number of carbonyl (C=O) groups excluding carboxylic acids is 2. The molecule has 5 heteroatoms. The first-order chi connectivity index (χ1) is 16.6. The molecule has 0 fully saturated rings. The first kappa shape index (κ1) is 21.1. The predicted molar refractivity (Wildman–Crippen MR) is 137 cm³/mol. The number of fused-ring (bicyclic) bond motifs is 2. The fraction of sp³-hybridized carbons (Fsp3) is 0. The van der Waals surface area contributed by atoms with E-state index in [1.54, 1.807) is 18.2 Å². The second-order valence-corrected chi connectivity index (χ2v) is 7.88. The SMILES string of the molecule is C=Nc1ccc(NC(=O)c2cc(C(=O)c3cccc4ccccc34)ccc2O)c2ccccc12. The average Bonchev–Trinajstić information content (AvgIpc) is 2.88. The van der Waals surface area contributed by atoms with Gasteiger partial charge in [-0.25, -0.2) is 0 Å². The van der Waals surface area contributed by atoms with Crippen molar-refractivity contribution < 1.29 is 14.7 Å². The highest BCUT2D eigenvalue weighted by molar-refractivity contribution is 6.18. The largest absolute Gasteiger partial charge is 0.507 e. The van der Waals surface area contributed by atoms with E-state index >= 15 is 0 Å². The molecule has 5 aromatic carbocycles. The van der Waals surface area contributed by atoms with Crippen molar-refractivity contribution in [3.63, 3.8) is 0 Å². The third kappa shape index (κ3) is 3.69. The summed E-state index contributed by atoms with van der Waals surface area (Å²) in [5.74, 6) is -0.951. The highest BCUT2D eigenvalue weighted by atomic mass is 16.3. The lowest BCUT2D eigenvalue weighted by Crippen LogP contribution is -2.14. The van der Waals surface area contributed by atoms with Crippen molar-refractivity contribution in [1.82, 2.24) is 0 Å². The third-order valence-electron chi connectivity index (χ3n) is 5.86. The Morgan fingerprint density at radius 1 is 0.735 bits per heavy atom. The van der Waals surface area contributed by atoms with Crippen molar-refractivity contribution in [2.45, 2.75) is 0 Å². The number of aromatic hydroxyl groups is 1. The van der Waals surface area contributed by atoms with Gasteiger partial charge in [0.2, 0.25) is 0 Å².